The molecule has 0 atom stereocenters. The van der Waals surface area contributed by atoms with Crippen molar-refractivity contribution in [2.24, 2.45) is 0 Å². The monoisotopic (exact) mass is 305 g/mol. The molecule has 0 aliphatic carbocycles. The van der Waals surface area contributed by atoms with Gasteiger partial charge >= 0.3 is 0 Å². The summed E-state index contributed by atoms with van der Waals surface area (Å²) in [7, 11) is 0. The third-order valence-corrected chi connectivity index (χ3v) is 2.42. The maximum atomic E-state index is 11.4. The van der Waals surface area contributed by atoms with Crippen LogP contribution in [0, 0.1) is 0 Å². The summed E-state index contributed by atoms with van der Waals surface area (Å²) < 4.78 is 0.838. The molecule has 0 amide bonds. The summed E-state index contributed by atoms with van der Waals surface area (Å²) in [5.41, 5.74) is 6.86. The van der Waals surface area contributed by atoms with Crippen LogP contribution in [0.15, 0.2) is 22.7 Å². The van der Waals surface area contributed by atoms with E-state index < -0.39 is 0 Å². The van der Waals surface area contributed by atoms with Crippen LogP contribution in [0.1, 0.15) is 16.8 Å². The highest BCUT2D eigenvalue weighted by molar-refractivity contribution is 9.10. The van der Waals surface area contributed by atoms with Gasteiger partial charge in [-0.25, -0.2) is 0 Å². The van der Waals surface area contributed by atoms with Gasteiger partial charge in [0.2, 0.25) is 0 Å². The second-order valence-corrected chi connectivity index (χ2v) is 4.34. The quantitative estimate of drug-likeness (QED) is 0.530. The van der Waals surface area contributed by atoms with E-state index in [1.807, 2.05) is 0 Å². The summed E-state index contributed by atoms with van der Waals surface area (Å²) in [5, 5.41) is 0.679. The number of rotatable bonds is 3. The third-order valence-electron chi connectivity index (χ3n) is 1.56. The van der Waals surface area contributed by atoms with Gasteiger partial charge in [-0.15, -0.1) is 0 Å². The van der Waals surface area contributed by atoms with E-state index in [0.29, 0.717) is 23.0 Å². The Kier molecular flexibility index (Phi) is 3.93. The maximum Gasteiger partial charge on any atom is 0.163 e. The van der Waals surface area contributed by atoms with Gasteiger partial charge in [0.25, 0.3) is 0 Å². The molecule has 0 saturated heterocycles. The van der Waals surface area contributed by atoms with E-state index in [1.54, 1.807) is 18.2 Å². The zero-order valence-electron chi connectivity index (χ0n) is 6.89. The van der Waals surface area contributed by atoms with E-state index in [4.69, 9.17) is 5.73 Å². The molecule has 1 aromatic rings. The normalized spacial score (nSPS) is 10.0. The van der Waals surface area contributed by atoms with Gasteiger partial charge in [-0.05, 0) is 18.2 Å². The van der Waals surface area contributed by atoms with Gasteiger partial charge in [0.05, 0.1) is 0 Å². The molecular formula is C9H9Br2NO. The fraction of sp³-hybridized carbons (Fsp3) is 0.222. The zero-order chi connectivity index (χ0) is 9.84. The number of nitrogens with two attached hydrogens (primary N) is 1. The Labute approximate surface area is 93.8 Å². The summed E-state index contributed by atoms with van der Waals surface area (Å²) in [6, 6.07) is 5.24. The highest BCUT2D eigenvalue weighted by Crippen LogP contribution is 2.18. The van der Waals surface area contributed by atoms with Gasteiger partial charge < -0.3 is 5.73 Å². The minimum absolute atomic E-state index is 0.102. The predicted molar refractivity (Wildman–Crippen MR) is 61.3 cm³/mol. The average molecular weight is 307 g/mol. The number of Topliss-reactive ketones (excluding diaryl/α,β-unsaturated/α-hetero) is 1. The minimum Gasteiger partial charge on any atom is -0.399 e. The molecule has 4 heteroatoms. The number of alkyl halides is 1. The summed E-state index contributed by atoms with van der Waals surface area (Å²) in [6.45, 7) is 0. The van der Waals surface area contributed by atoms with Crippen LogP contribution in [0.4, 0.5) is 5.69 Å². The average Bonchev–Trinajstić information content (AvgIpc) is 2.03. The molecule has 0 aromatic heterocycles. The van der Waals surface area contributed by atoms with Crippen LogP contribution in [-0.4, -0.2) is 11.1 Å². The number of ketones is 1. The fourth-order valence-electron chi connectivity index (χ4n) is 1.00. The SMILES string of the molecule is Nc1cc(Br)cc(C(=O)CCBr)c1. The van der Waals surface area contributed by atoms with Gasteiger partial charge in [-0.2, -0.15) is 0 Å². The molecule has 0 saturated carbocycles. The van der Waals surface area contributed by atoms with E-state index in [1.165, 1.54) is 0 Å². The number of carbonyl (C=O) groups excluding carboxylic acids is 1. The molecule has 70 valence electrons. The first-order valence-electron chi connectivity index (χ1n) is 3.78. The van der Waals surface area contributed by atoms with E-state index in [9.17, 15) is 4.79 Å². The lowest BCUT2D eigenvalue weighted by Gasteiger charge is -2.01. The van der Waals surface area contributed by atoms with E-state index in [0.717, 1.165) is 4.47 Å². The van der Waals surface area contributed by atoms with E-state index >= 15 is 0 Å². The lowest BCUT2D eigenvalue weighted by Crippen LogP contribution is -2.00. The largest absolute Gasteiger partial charge is 0.399 e. The van der Waals surface area contributed by atoms with Crippen LogP contribution in [0.5, 0.6) is 0 Å². The molecule has 0 aliphatic rings. The van der Waals surface area contributed by atoms with E-state index in [2.05, 4.69) is 31.9 Å². The standard InChI is InChI=1S/C9H9Br2NO/c10-2-1-9(13)6-3-7(11)5-8(12)4-6/h3-5H,1-2,12H2. The summed E-state index contributed by atoms with van der Waals surface area (Å²) >= 11 is 6.51. The van der Waals surface area contributed by atoms with Gasteiger partial charge in [-0.3, -0.25) is 4.79 Å². The second-order valence-electron chi connectivity index (χ2n) is 2.64. The van der Waals surface area contributed by atoms with Crippen LogP contribution < -0.4 is 5.73 Å². The third kappa shape index (κ3) is 3.12. The van der Waals surface area contributed by atoms with Crippen LogP contribution in [0.25, 0.3) is 0 Å². The minimum atomic E-state index is 0.102. The van der Waals surface area contributed by atoms with Crippen molar-refractivity contribution in [2.75, 3.05) is 11.1 Å². The molecule has 0 fully saturated rings. The number of hydrogen-bond donors (Lipinski definition) is 1. The molecule has 13 heavy (non-hydrogen) atoms. The molecule has 1 rings (SSSR count). The number of anilines is 1. The number of nitrogen functional groups attached to an aromatic ring is 1. The van der Waals surface area contributed by atoms with Crippen molar-refractivity contribution in [3.05, 3.63) is 28.2 Å². The van der Waals surface area contributed by atoms with Crippen molar-refractivity contribution >= 4 is 43.3 Å². The van der Waals surface area contributed by atoms with Crippen molar-refractivity contribution in [3.63, 3.8) is 0 Å². The maximum absolute atomic E-state index is 11.4. The van der Waals surface area contributed by atoms with Crippen molar-refractivity contribution in [1.29, 1.82) is 0 Å². The van der Waals surface area contributed by atoms with Gasteiger partial charge in [0.15, 0.2) is 5.78 Å². The van der Waals surface area contributed by atoms with Crippen LogP contribution in [0.3, 0.4) is 0 Å². The van der Waals surface area contributed by atoms with Gasteiger partial charge in [0, 0.05) is 27.5 Å². The van der Waals surface area contributed by atoms with Crippen molar-refractivity contribution in [3.8, 4) is 0 Å². The molecule has 1 aromatic carbocycles. The Morgan fingerprint density at radius 3 is 2.62 bits per heavy atom. The predicted octanol–water partition coefficient (Wildman–Crippen LogP) is 3.00. The molecule has 2 nitrogen and oxygen atoms in total. The highest BCUT2D eigenvalue weighted by Gasteiger charge is 2.05. The molecule has 0 bridgehead atoms. The Hall–Kier alpha value is -0.350. The van der Waals surface area contributed by atoms with Crippen molar-refractivity contribution in [1.82, 2.24) is 0 Å². The second kappa shape index (κ2) is 4.77. The van der Waals surface area contributed by atoms with Crippen LogP contribution in [0.2, 0.25) is 0 Å². The lowest BCUT2D eigenvalue weighted by atomic mass is 10.1. The molecule has 0 aliphatic heterocycles. The number of benzene rings is 1. The van der Waals surface area contributed by atoms with Crippen molar-refractivity contribution < 1.29 is 4.79 Å². The summed E-state index contributed by atoms with van der Waals surface area (Å²) in [5.74, 6) is 0.102. The zero-order valence-corrected chi connectivity index (χ0v) is 10.1. The lowest BCUT2D eigenvalue weighted by molar-refractivity contribution is 0.0990. The number of halogens is 2. The number of hydrogen-bond acceptors (Lipinski definition) is 2. The summed E-state index contributed by atoms with van der Waals surface area (Å²) in [4.78, 5) is 11.4. The van der Waals surface area contributed by atoms with Crippen LogP contribution >= 0.6 is 31.9 Å². The molecule has 0 radical (unpaired) electrons. The first-order chi connectivity index (χ1) is 6.13. The smallest absolute Gasteiger partial charge is 0.163 e. The Balaban J connectivity index is 2.94. The topological polar surface area (TPSA) is 43.1 Å². The van der Waals surface area contributed by atoms with E-state index in [-0.39, 0.29) is 5.78 Å². The van der Waals surface area contributed by atoms with Gasteiger partial charge in [0.1, 0.15) is 0 Å². The first-order valence-corrected chi connectivity index (χ1v) is 5.70. The number of carbonyl (C=O) groups is 1. The van der Waals surface area contributed by atoms with Gasteiger partial charge in [-0.1, -0.05) is 31.9 Å². The highest BCUT2D eigenvalue weighted by atomic mass is 79.9. The first kappa shape index (κ1) is 10.7. The Morgan fingerprint density at radius 2 is 2.08 bits per heavy atom. The fourth-order valence-corrected chi connectivity index (χ4v) is 1.87. The van der Waals surface area contributed by atoms with Crippen molar-refractivity contribution in [2.45, 2.75) is 6.42 Å². The molecule has 0 spiro atoms. The Bertz CT molecular complexity index is 305. The molecule has 0 heterocycles. The van der Waals surface area contributed by atoms with Crippen LogP contribution in [-0.2, 0) is 0 Å². The molecule has 2 N–H and O–H groups in total. The molecular weight excluding hydrogens is 298 g/mol. The molecule has 0 unspecified atom stereocenters. The Morgan fingerprint density at radius 1 is 1.38 bits per heavy atom. The summed E-state index contributed by atoms with van der Waals surface area (Å²) in [6.07, 6.45) is 0.496.